The number of imidazole rings is 1. The first-order valence-electron chi connectivity index (χ1n) is 6.15. The molecule has 9 heteroatoms. The minimum Gasteiger partial charge on any atom is -0.334 e. The Labute approximate surface area is 123 Å². The Hall–Kier alpha value is -3.36. The van der Waals surface area contributed by atoms with Crippen molar-refractivity contribution in [1.29, 1.82) is 0 Å². The van der Waals surface area contributed by atoms with E-state index in [2.05, 4.69) is 20.3 Å². The number of nitro groups is 1. The molecule has 0 amide bonds. The maximum atomic E-state index is 12.9. The third kappa shape index (κ3) is 2.59. The molecule has 0 saturated carbocycles. The Balaban J connectivity index is 2.06. The fourth-order valence-corrected chi connectivity index (χ4v) is 1.87. The van der Waals surface area contributed by atoms with E-state index in [0.717, 1.165) is 0 Å². The van der Waals surface area contributed by atoms with Crippen LogP contribution in [-0.2, 0) is 0 Å². The van der Waals surface area contributed by atoms with Crippen molar-refractivity contribution in [3.63, 3.8) is 0 Å². The molecule has 22 heavy (non-hydrogen) atoms. The number of nitrogens with one attached hydrogen (secondary N) is 1. The summed E-state index contributed by atoms with van der Waals surface area (Å²) in [5, 5.41) is 14.2. The number of anilines is 2. The van der Waals surface area contributed by atoms with Crippen LogP contribution in [-0.4, -0.2) is 24.4 Å². The van der Waals surface area contributed by atoms with E-state index in [9.17, 15) is 14.5 Å². The van der Waals surface area contributed by atoms with Crippen molar-refractivity contribution in [2.24, 2.45) is 0 Å². The lowest BCUT2D eigenvalue weighted by atomic mass is 10.3. The second-order valence-corrected chi connectivity index (χ2v) is 4.25. The van der Waals surface area contributed by atoms with Crippen molar-refractivity contribution in [2.75, 3.05) is 5.32 Å². The summed E-state index contributed by atoms with van der Waals surface area (Å²) in [6.45, 7) is 0. The van der Waals surface area contributed by atoms with Crippen molar-refractivity contribution in [2.45, 2.75) is 0 Å². The van der Waals surface area contributed by atoms with Crippen LogP contribution in [0.1, 0.15) is 0 Å². The number of aromatic nitrogens is 4. The van der Waals surface area contributed by atoms with E-state index in [1.54, 1.807) is 0 Å². The highest BCUT2D eigenvalue weighted by Crippen LogP contribution is 2.29. The molecule has 0 aliphatic heterocycles. The van der Waals surface area contributed by atoms with E-state index in [4.69, 9.17) is 0 Å². The number of benzene rings is 1. The summed E-state index contributed by atoms with van der Waals surface area (Å²) in [6.07, 6.45) is 5.63. The van der Waals surface area contributed by atoms with Crippen LogP contribution in [0.15, 0.2) is 49.3 Å². The van der Waals surface area contributed by atoms with Crippen LogP contribution in [0.2, 0.25) is 0 Å². The third-order valence-electron chi connectivity index (χ3n) is 2.84. The van der Waals surface area contributed by atoms with Crippen molar-refractivity contribution >= 4 is 17.2 Å². The van der Waals surface area contributed by atoms with Gasteiger partial charge in [-0.05, 0) is 24.3 Å². The molecule has 0 saturated heterocycles. The highest BCUT2D eigenvalue weighted by Gasteiger charge is 2.24. The number of rotatable bonds is 4. The molecule has 110 valence electrons. The summed E-state index contributed by atoms with van der Waals surface area (Å²) in [7, 11) is 0. The summed E-state index contributed by atoms with van der Waals surface area (Å²) in [4.78, 5) is 22.5. The Kier molecular flexibility index (Phi) is 3.44. The van der Waals surface area contributed by atoms with Crippen molar-refractivity contribution < 1.29 is 9.31 Å². The van der Waals surface area contributed by atoms with Gasteiger partial charge in [-0.2, -0.15) is 0 Å². The summed E-state index contributed by atoms with van der Waals surface area (Å²) < 4.78 is 14.3. The molecule has 0 radical (unpaired) electrons. The fourth-order valence-electron chi connectivity index (χ4n) is 1.87. The van der Waals surface area contributed by atoms with Gasteiger partial charge in [0, 0.05) is 18.1 Å². The lowest BCUT2D eigenvalue weighted by molar-refractivity contribution is -0.384. The molecule has 1 N–H and O–H groups in total. The van der Waals surface area contributed by atoms with Crippen LogP contribution in [0.25, 0.3) is 5.82 Å². The predicted octanol–water partition coefficient (Wildman–Crippen LogP) is 2.45. The molecule has 0 bridgehead atoms. The molecule has 0 spiro atoms. The minimum atomic E-state index is -0.582. The van der Waals surface area contributed by atoms with E-state index < -0.39 is 10.7 Å². The molecule has 3 aromatic rings. The van der Waals surface area contributed by atoms with Gasteiger partial charge in [-0.1, -0.05) is 0 Å². The van der Waals surface area contributed by atoms with E-state index in [1.807, 2.05) is 0 Å². The van der Waals surface area contributed by atoms with Crippen molar-refractivity contribution in [3.8, 4) is 5.82 Å². The second kappa shape index (κ2) is 5.56. The van der Waals surface area contributed by atoms with Crippen LogP contribution >= 0.6 is 0 Å². The maximum Gasteiger partial charge on any atom is 0.354 e. The standard InChI is InChI=1S/C13H9FN6O2/c14-9-1-3-10(4-2-9)18-12-11(20(21)22)13(17-7-16-12)19-6-5-15-8-19/h1-8H,(H,16,17,18). The number of nitrogens with zero attached hydrogens (tertiary/aromatic N) is 5. The van der Waals surface area contributed by atoms with Gasteiger partial charge in [-0.25, -0.2) is 19.3 Å². The van der Waals surface area contributed by atoms with Gasteiger partial charge in [0.2, 0.25) is 11.6 Å². The molecule has 0 fully saturated rings. The molecule has 3 rings (SSSR count). The molecule has 1 aromatic carbocycles. The molecule has 0 aliphatic rings. The third-order valence-corrected chi connectivity index (χ3v) is 2.84. The molecular weight excluding hydrogens is 291 g/mol. The molecule has 8 nitrogen and oxygen atoms in total. The molecule has 2 heterocycles. The monoisotopic (exact) mass is 300 g/mol. The van der Waals surface area contributed by atoms with Crippen LogP contribution in [0, 0.1) is 15.9 Å². The van der Waals surface area contributed by atoms with Gasteiger partial charge in [0.05, 0.1) is 4.92 Å². The Morgan fingerprint density at radius 2 is 2.00 bits per heavy atom. The lowest BCUT2D eigenvalue weighted by Crippen LogP contribution is -2.06. The SMILES string of the molecule is O=[N+]([O-])c1c(Nc2ccc(F)cc2)ncnc1-n1ccnc1. The van der Waals surface area contributed by atoms with E-state index >= 15 is 0 Å². The van der Waals surface area contributed by atoms with Crippen molar-refractivity contribution in [3.05, 3.63) is 65.2 Å². The first-order valence-corrected chi connectivity index (χ1v) is 6.15. The van der Waals surface area contributed by atoms with Gasteiger partial charge in [0.25, 0.3) is 0 Å². The molecule has 0 unspecified atom stereocenters. The highest BCUT2D eigenvalue weighted by atomic mass is 19.1. The second-order valence-electron chi connectivity index (χ2n) is 4.25. The smallest absolute Gasteiger partial charge is 0.334 e. The number of halogens is 1. The lowest BCUT2D eigenvalue weighted by Gasteiger charge is -2.08. The molecule has 0 aliphatic carbocycles. The Morgan fingerprint density at radius 1 is 1.23 bits per heavy atom. The summed E-state index contributed by atoms with van der Waals surface area (Å²) in [6, 6.07) is 5.40. The van der Waals surface area contributed by atoms with Gasteiger partial charge in [0.1, 0.15) is 18.5 Å². The molecular formula is C13H9FN6O2. The van der Waals surface area contributed by atoms with Crippen LogP contribution in [0.5, 0.6) is 0 Å². The van der Waals surface area contributed by atoms with Crippen LogP contribution in [0.4, 0.5) is 21.6 Å². The Bertz CT molecular complexity index is 804. The molecule has 0 atom stereocenters. The van der Waals surface area contributed by atoms with Gasteiger partial charge in [-0.15, -0.1) is 0 Å². The fraction of sp³-hybridized carbons (Fsp3) is 0. The zero-order valence-electron chi connectivity index (χ0n) is 11.0. The first-order chi connectivity index (χ1) is 10.6. The van der Waals surface area contributed by atoms with Gasteiger partial charge in [0.15, 0.2) is 0 Å². The Morgan fingerprint density at radius 3 is 2.64 bits per heavy atom. The van der Waals surface area contributed by atoms with Crippen LogP contribution < -0.4 is 5.32 Å². The maximum absolute atomic E-state index is 12.9. The quantitative estimate of drug-likeness (QED) is 0.587. The average Bonchev–Trinajstić information content (AvgIpc) is 3.03. The predicted molar refractivity (Wildman–Crippen MR) is 75.5 cm³/mol. The molecule has 2 aromatic heterocycles. The van der Waals surface area contributed by atoms with Crippen molar-refractivity contribution in [1.82, 2.24) is 19.5 Å². The van der Waals surface area contributed by atoms with Crippen LogP contribution in [0.3, 0.4) is 0 Å². The minimum absolute atomic E-state index is 0.00954. The average molecular weight is 300 g/mol. The zero-order valence-corrected chi connectivity index (χ0v) is 11.0. The normalized spacial score (nSPS) is 10.4. The zero-order chi connectivity index (χ0) is 15.5. The highest BCUT2D eigenvalue weighted by molar-refractivity contribution is 5.70. The largest absolute Gasteiger partial charge is 0.354 e. The summed E-state index contributed by atoms with van der Waals surface area (Å²) >= 11 is 0. The van der Waals surface area contributed by atoms with E-state index in [0.29, 0.717) is 5.69 Å². The summed E-state index contributed by atoms with van der Waals surface area (Å²) in [5.41, 5.74) is 0.171. The number of hydrogen-bond acceptors (Lipinski definition) is 6. The van der Waals surface area contributed by atoms with Gasteiger partial charge >= 0.3 is 5.69 Å². The first kappa shape index (κ1) is 13.6. The number of hydrogen-bond donors (Lipinski definition) is 1. The topological polar surface area (TPSA) is 98.8 Å². The van der Waals surface area contributed by atoms with E-state index in [-0.39, 0.29) is 17.3 Å². The summed E-state index contributed by atoms with van der Waals surface area (Å²) in [5.74, 6) is -0.306. The van der Waals surface area contributed by atoms with E-state index in [1.165, 1.54) is 53.9 Å². The van der Waals surface area contributed by atoms with Gasteiger partial charge in [-0.3, -0.25) is 14.7 Å². The van der Waals surface area contributed by atoms with Gasteiger partial charge < -0.3 is 5.32 Å².